The van der Waals surface area contributed by atoms with Gasteiger partial charge in [-0.05, 0) is 76.1 Å². The summed E-state index contributed by atoms with van der Waals surface area (Å²) in [6.07, 6.45) is 7.71. The van der Waals surface area contributed by atoms with Crippen LogP contribution in [-0.2, 0) is 19.1 Å². The minimum absolute atomic E-state index is 0.00900. The van der Waals surface area contributed by atoms with Crippen molar-refractivity contribution < 1.29 is 23.9 Å². The normalized spacial score (nSPS) is 25.5. The van der Waals surface area contributed by atoms with Crippen molar-refractivity contribution in [2.75, 3.05) is 0 Å². The predicted octanol–water partition coefficient (Wildman–Crippen LogP) is 5.50. The molecule has 0 unspecified atom stereocenters. The average molecular weight is 487 g/mol. The maximum Gasteiger partial charge on any atom is 0.338 e. The molecule has 0 radical (unpaired) electrons. The lowest BCUT2D eigenvalue weighted by Crippen LogP contribution is -2.43. The van der Waals surface area contributed by atoms with E-state index < -0.39 is 29.6 Å². The third kappa shape index (κ3) is 5.62. The van der Waals surface area contributed by atoms with Crippen LogP contribution >= 0.6 is 15.9 Å². The molecule has 1 fully saturated rings. The Morgan fingerprint density at radius 3 is 2.61 bits per heavy atom. The van der Waals surface area contributed by atoms with Crippen LogP contribution in [0.2, 0.25) is 0 Å². The van der Waals surface area contributed by atoms with Crippen molar-refractivity contribution in [3.63, 3.8) is 0 Å². The molecule has 0 aromatic heterocycles. The molecule has 31 heavy (non-hydrogen) atoms. The molecule has 6 heteroatoms. The van der Waals surface area contributed by atoms with Gasteiger partial charge in [-0.3, -0.25) is 9.59 Å². The molecular formula is C25H27BrO5. The van der Waals surface area contributed by atoms with Gasteiger partial charge in [0.2, 0.25) is 0 Å². The van der Waals surface area contributed by atoms with Gasteiger partial charge in [0.1, 0.15) is 12.2 Å². The van der Waals surface area contributed by atoms with Gasteiger partial charge in [-0.1, -0.05) is 33.2 Å². The fourth-order valence-corrected chi connectivity index (χ4v) is 4.22. The Morgan fingerprint density at radius 2 is 1.94 bits per heavy atom. The number of hydrogen-bond acceptors (Lipinski definition) is 5. The summed E-state index contributed by atoms with van der Waals surface area (Å²) in [6, 6.07) is 6.87. The number of esters is 2. The van der Waals surface area contributed by atoms with Gasteiger partial charge in [0, 0.05) is 10.9 Å². The maximum absolute atomic E-state index is 12.9. The van der Waals surface area contributed by atoms with E-state index in [2.05, 4.69) is 35.9 Å². The monoisotopic (exact) mass is 486 g/mol. The van der Waals surface area contributed by atoms with Crippen LogP contribution in [0.15, 0.2) is 64.2 Å². The first-order valence-corrected chi connectivity index (χ1v) is 11.2. The highest BCUT2D eigenvalue weighted by Gasteiger charge is 2.55. The molecule has 3 rings (SSSR count). The SMILES string of the molecule is CC(C)=CCC/C(C)=C/[C@H]1OC(=O)C[C@]12C[C@H](OC(=O)c1ccc(Br)cc1)C=CC2=O. The Labute approximate surface area is 191 Å². The molecule has 0 bridgehead atoms. The van der Waals surface area contributed by atoms with Gasteiger partial charge in [0.05, 0.1) is 17.4 Å². The van der Waals surface area contributed by atoms with Crippen LogP contribution in [0, 0.1) is 5.41 Å². The summed E-state index contributed by atoms with van der Waals surface area (Å²) in [5.74, 6) is -1.03. The summed E-state index contributed by atoms with van der Waals surface area (Å²) in [5.41, 5.74) is 1.70. The molecule has 1 aliphatic heterocycles. The van der Waals surface area contributed by atoms with E-state index in [9.17, 15) is 14.4 Å². The summed E-state index contributed by atoms with van der Waals surface area (Å²) < 4.78 is 12.0. The third-order valence-electron chi connectivity index (χ3n) is 5.65. The number of carbonyl (C=O) groups is 3. The molecule has 1 saturated heterocycles. The molecule has 164 valence electrons. The Kier molecular flexibility index (Phi) is 7.31. The standard InChI is InChI=1S/C25H27BrO5/c1-16(2)5-4-6-17(3)13-22-25(15-23(28)31-22)14-20(11-12-21(25)27)30-24(29)18-7-9-19(26)10-8-18/h5,7-13,20,22H,4,6,14-15H2,1-3H3/b17-13+/t20-,22-,25+/m1/s1. The highest BCUT2D eigenvalue weighted by Crippen LogP contribution is 2.45. The first-order chi connectivity index (χ1) is 14.7. The van der Waals surface area contributed by atoms with E-state index in [0.29, 0.717) is 5.56 Å². The molecule has 2 aliphatic rings. The predicted molar refractivity (Wildman–Crippen MR) is 121 cm³/mol. The lowest BCUT2D eigenvalue weighted by molar-refractivity contribution is -0.140. The second-order valence-corrected chi connectivity index (χ2v) is 9.37. The summed E-state index contributed by atoms with van der Waals surface area (Å²) in [5, 5.41) is 0. The van der Waals surface area contributed by atoms with Gasteiger partial charge < -0.3 is 9.47 Å². The number of benzene rings is 1. The van der Waals surface area contributed by atoms with Crippen molar-refractivity contribution in [2.24, 2.45) is 5.41 Å². The molecular weight excluding hydrogens is 460 g/mol. The van der Waals surface area contributed by atoms with Gasteiger partial charge >= 0.3 is 11.9 Å². The lowest BCUT2D eigenvalue weighted by Gasteiger charge is -2.34. The Hall–Kier alpha value is -2.47. The Balaban J connectivity index is 1.76. The first-order valence-electron chi connectivity index (χ1n) is 10.4. The van der Waals surface area contributed by atoms with Crippen LogP contribution < -0.4 is 0 Å². The molecule has 1 aromatic carbocycles. The molecule has 0 N–H and O–H groups in total. The van der Waals surface area contributed by atoms with Crippen LogP contribution in [0.25, 0.3) is 0 Å². The second kappa shape index (κ2) is 9.77. The molecule has 0 amide bonds. The van der Waals surface area contributed by atoms with Gasteiger partial charge in [-0.25, -0.2) is 4.79 Å². The zero-order valence-electron chi connectivity index (χ0n) is 18.0. The largest absolute Gasteiger partial charge is 0.457 e. The maximum atomic E-state index is 12.9. The number of carbonyl (C=O) groups excluding carboxylic acids is 3. The summed E-state index contributed by atoms with van der Waals surface area (Å²) in [6.45, 7) is 6.08. The minimum Gasteiger partial charge on any atom is -0.457 e. The zero-order chi connectivity index (χ0) is 22.6. The van der Waals surface area contributed by atoms with Crippen molar-refractivity contribution >= 4 is 33.7 Å². The van der Waals surface area contributed by atoms with Crippen LogP contribution in [0.5, 0.6) is 0 Å². The topological polar surface area (TPSA) is 69.7 Å². The molecule has 1 heterocycles. The van der Waals surface area contributed by atoms with Crippen molar-refractivity contribution in [1.82, 2.24) is 0 Å². The molecule has 1 aliphatic carbocycles. The van der Waals surface area contributed by atoms with Crippen molar-refractivity contribution in [2.45, 2.75) is 58.7 Å². The summed E-state index contributed by atoms with van der Waals surface area (Å²) in [4.78, 5) is 37.6. The van der Waals surface area contributed by atoms with Crippen LogP contribution in [0.1, 0.15) is 56.8 Å². The zero-order valence-corrected chi connectivity index (χ0v) is 19.6. The smallest absolute Gasteiger partial charge is 0.338 e. The second-order valence-electron chi connectivity index (χ2n) is 8.45. The van der Waals surface area contributed by atoms with Crippen molar-refractivity contribution in [3.8, 4) is 0 Å². The highest BCUT2D eigenvalue weighted by atomic mass is 79.9. The molecule has 5 nitrogen and oxygen atoms in total. The van der Waals surface area contributed by atoms with E-state index in [0.717, 1.165) is 22.9 Å². The number of cyclic esters (lactones) is 1. The van der Waals surface area contributed by atoms with Gasteiger partial charge in [-0.2, -0.15) is 0 Å². The van der Waals surface area contributed by atoms with E-state index in [-0.39, 0.29) is 18.6 Å². The van der Waals surface area contributed by atoms with Gasteiger partial charge in [-0.15, -0.1) is 0 Å². The van der Waals surface area contributed by atoms with Crippen LogP contribution in [-0.4, -0.2) is 29.9 Å². The van der Waals surface area contributed by atoms with E-state index in [4.69, 9.17) is 9.47 Å². The van der Waals surface area contributed by atoms with Gasteiger partial charge in [0.15, 0.2) is 5.78 Å². The third-order valence-corrected chi connectivity index (χ3v) is 6.18. The Bertz CT molecular complexity index is 953. The number of halogens is 1. The van der Waals surface area contributed by atoms with E-state index in [1.54, 1.807) is 30.3 Å². The Morgan fingerprint density at radius 1 is 1.23 bits per heavy atom. The minimum atomic E-state index is -1.03. The number of hydrogen-bond donors (Lipinski definition) is 0. The highest BCUT2D eigenvalue weighted by molar-refractivity contribution is 9.10. The van der Waals surface area contributed by atoms with E-state index in [1.807, 2.05) is 13.0 Å². The molecule has 1 spiro atoms. The average Bonchev–Trinajstić information content (AvgIpc) is 3.00. The number of allylic oxidation sites excluding steroid dienone is 4. The summed E-state index contributed by atoms with van der Waals surface area (Å²) in [7, 11) is 0. The fourth-order valence-electron chi connectivity index (χ4n) is 3.95. The van der Waals surface area contributed by atoms with Gasteiger partial charge in [0.25, 0.3) is 0 Å². The number of ketones is 1. The van der Waals surface area contributed by atoms with E-state index in [1.165, 1.54) is 11.6 Å². The molecule has 1 aromatic rings. The van der Waals surface area contributed by atoms with Crippen molar-refractivity contribution in [3.05, 3.63) is 69.8 Å². The van der Waals surface area contributed by atoms with E-state index >= 15 is 0 Å². The van der Waals surface area contributed by atoms with Crippen LogP contribution in [0.4, 0.5) is 0 Å². The van der Waals surface area contributed by atoms with Crippen molar-refractivity contribution in [1.29, 1.82) is 0 Å². The molecule has 3 atom stereocenters. The number of ether oxygens (including phenoxy) is 2. The number of rotatable bonds is 6. The van der Waals surface area contributed by atoms with Crippen LogP contribution in [0.3, 0.4) is 0 Å². The summed E-state index contributed by atoms with van der Waals surface area (Å²) >= 11 is 3.34. The lowest BCUT2D eigenvalue weighted by atomic mass is 9.69. The molecule has 0 saturated carbocycles. The first kappa shape index (κ1) is 23.2. The quantitative estimate of drug-likeness (QED) is 0.392. The fraction of sp³-hybridized carbons (Fsp3) is 0.400.